The second-order valence-electron chi connectivity index (χ2n) is 6.81. The molecule has 3 N–H and O–H groups in total. The monoisotopic (exact) mass is 349 g/mol. The zero-order valence-electron chi connectivity index (χ0n) is 14.7. The number of nitrogens with zero attached hydrogens (tertiary/aromatic N) is 2. The number of carbonyl (C=O) groups is 1. The first kappa shape index (κ1) is 16.7. The maximum atomic E-state index is 12.3. The third-order valence-electron chi connectivity index (χ3n) is 4.91. The molecule has 1 amide bonds. The van der Waals surface area contributed by atoms with Crippen LogP contribution in [0.25, 0.3) is 22.6 Å². The second-order valence-corrected chi connectivity index (χ2v) is 6.81. The van der Waals surface area contributed by atoms with Gasteiger partial charge in [0.25, 0.3) is 0 Å². The van der Waals surface area contributed by atoms with Gasteiger partial charge in [-0.15, -0.1) is 0 Å². The van der Waals surface area contributed by atoms with Crippen LogP contribution in [0.2, 0.25) is 0 Å². The molecule has 134 valence electrons. The van der Waals surface area contributed by atoms with Gasteiger partial charge in [-0.3, -0.25) is 9.78 Å². The van der Waals surface area contributed by atoms with Crippen LogP contribution in [-0.2, 0) is 4.79 Å². The minimum atomic E-state index is 0.0762. The minimum absolute atomic E-state index is 0.0762. The molecule has 1 aliphatic heterocycles. The molecule has 26 heavy (non-hydrogen) atoms. The van der Waals surface area contributed by atoms with Crippen LogP contribution in [0.3, 0.4) is 0 Å². The van der Waals surface area contributed by atoms with Crippen molar-refractivity contribution in [2.24, 2.45) is 5.92 Å². The van der Waals surface area contributed by atoms with Gasteiger partial charge in [0.05, 0.1) is 11.0 Å². The van der Waals surface area contributed by atoms with Gasteiger partial charge in [0.15, 0.2) is 5.82 Å². The fourth-order valence-corrected chi connectivity index (χ4v) is 3.44. The first-order valence-corrected chi connectivity index (χ1v) is 9.20. The molecule has 4 rings (SSSR count). The van der Waals surface area contributed by atoms with Crippen molar-refractivity contribution in [3.05, 3.63) is 42.6 Å². The molecular formula is C20H23N5O. The van der Waals surface area contributed by atoms with Crippen LogP contribution < -0.4 is 10.6 Å². The number of aromatic nitrogens is 3. The highest BCUT2D eigenvalue weighted by Gasteiger charge is 2.15. The molecule has 0 unspecified atom stereocenters. The molecule has 1 fully saturated rings. The number of pyridine rings is 1. The maximum absolute atomic E-state index is 12.3. The Morgan fingerprint density at radius 2 is 2.08 bits per heavy atom. The predicted molar refractivity (Wildman–Crippen MR) is 103 cm³/mol. The Morgan fingerprint density at radius 3 is 2.88 bits per heavy atom. The first-order chi connectivity index (χ1) is 12.8. The number of imidazole rings is 1. The van der Waals surface area contributed by atoms with Crippen molar-refractivity contribution in [2.75, 3.05) is 18.4 Å². The van der Waals surface area contributed by atoms with E-state index in [1.54, 1.807) is 6.20 Å². The number of rotatable bonds is 5. The number of amides is 1. The van der Waals surface area contributed by atoms with Crippen molar-refractivity contribution in [2.45, 2.75) is 25.7 Å². The molecule has 0 spiro atoms. The van der Waals surface area contributed by atoms with E-state index in [2.05, 4.69) is 25.6 Å². The van der Waals surface area contributed by atoms with Crippen molar-refractivity contribution < 1.29 is 4.79 Å². The second kappa shape index (κ2) is 7.66. The first-order valence-electron chi connectivity index (χ1n) is 9.20. The number of benzene rings is 1. The van der Waals surface area contributed by atoms with Crippen molar-refractivity contribution in [3.8, 4) is 11.5 Å². The Labute approximate surface area is 152 Å². The third-order valence-corrected chi connectivity index (χ3v) is 4.91. The molecule has 0 saturated carbocycles. The minimum Gasteiger partial charge on any atom is -0.337 e. The van der Waals surface area contributed by atoms with E-state index in [4.69, 9.17) is 0 Å². The van der Waals surface area contributed by atoms with Gasteiger partial charge in [0, 0.05) is 18.3 Å². The van der Waals surface area contributed by atoms with Gasteiger partial charge in [-0.1, -0.05) is 6.07 Å². The Morgan fingerprint density at radius 1 is 1.19 bits per heavy atom. The van der Waals surface area contributed by atoms with Gasteiger partial charge in [-0.05, 0) is 68.6 Å². The van der Waals surface area contributed by atoms with E-state index >= 15 is 0 Å². The fraction of sp³-hybridized carbons (Fsp3) is 0.350. The highest BCUT2D eigenvalue weighted by Crippen LogP contribution is 2.22. The van der Waals surface area contributed by atoms with Gasteiger partial charge in [-0.25, -0.2) is 4.98 Å². The van der Waals surface area contributed by atoms with E-state index in [-0.39, 0.29) is 5.91 Å². The zero-order chi connectivity index (χ0) is 17.8. The summed E-state index contributed by atoms with van der Waals surface area (Å²) >= 11 is 0. The van der Waals surface area contributed by atoms with Gasteiger partial charge in [0.2, 0.25) is 5.91 Å². The molecule has 1 saturated heterocycles. The fourth-order valence-electron chi connectivity index (χ4n) is 3.44. The topological polar surface area (TPSA) is 82.7 Å². The lowest BCUT2D eigenvalue weighted by Crippen LogP contribution is -2.28. The highest BCUT2D eigenvalue weighted by atomic mass is 16.1. The van der Waals surface area contributed by atoms with Crippen LogP contribution in [-0.4, -0.2) is 33.9 Å². The number of hydrogen-bond donors (Lipinski definition) is 3. The lowest BCUT2D eigenvalue weighted by molar-refractivity contribution is -0.116. The predicted octanol–water partition coefficient (Wildman–Crippen LogP) is 3.34. The molecule has 6 nitrogen and oxygen atoms in total. The van der Waals surface area contributed by atoms with Crippen molar-refractivity contribution in [1.29, 1.82) is 0 Å². The zero-order valence-corrected chi connectivity index (χ0v) is 14.7. The number of hydrogen-bond acceptors (Lipinski definition) is 4. The number of fused-ring (bicyclic) bond motifs is 1. The van der Waals surface area contributed by atoms with Crippen LogP contribution in [0.4, 0.5) is 5.69 Å². The van der Waals surface area contributed by atoms with E-state index in [0.717, 1.165) is 47.7 Å². The summed E-state index contributed by atoms with van der Waals surface area (Å²) in [7, 11) is 0. The highest BCUT2D eigenvalue weighted by molar-refractivity contribution is 5.93. The number of anilines is 1. The Bertz CT molecular complexity index is 884. The number of nitrogens with one attached hydrogen (secondary N) is 3. The molecule has 2 aromatic heterocycles. The number of piperidine rings is 1. The Balaban J connectivity index is 1.41. The van der Waals surface area contributed by atoms with Crippen LogP contribution in [0.1, 0.15) is 25.7 Å². The summed E-state index contributed by atoms with van der Waals surface area (Å²) in [6, 6.07) is 11.5. The van der Waals surface area contributed by atoms with Gasteiger partial charge < -0.3 is 15.6 Å². The van der Waals surface area contributed by atoms with Crippen molar-refractivity contribution in [1.82, 2.24) is 20.3 Å². The van der Waals surface area contributed by atoms with E-state index in [1.165, 1.54) is 12.8 Å². The maximum Gasteiger partial charge on any atom is 0.224 e. The standard InChI is InChI=1S/C20H23N5O/c26-19(7-4-14-8-11-21-12-9-14)23-15-5-6-16-18(13-15)25-20(24-16)17-3-1-2-10-22-17/h1-3,5-6,10,13-14,21H,4,7-9,11-12H2,(H,23,26)(H,24,25). The van der Waals surface area contributed by atoms with E-state index in [1.807, 2.05) is 36.4 Å². The molecule has 0 radical (unpaired) electrons. The summed E-state index contributed by atoms with van der Waals surface area (Å²) in [6.07, 6.45) is 5.62. The Hall–Kier alpha value is -2.73. The molecular weight excluding hydrogens is 326 g/mol. The van der Waals surface area contributed by atoms with Crippen molar-refractivity contribution in [3.63, 3.8) is 0 Å². The summed E-state index contributed by atoms with van der Waals surface area (Å²) in [5.74, 6) is 1.47. The lowest BCUT2D eigenvalue weighted by atomic mass is 9.93. The molecule has 0 atom stereocenters. The van der Waals surface area contributed by atoms with Crippen LogP contribution >= 0.6 is 0 Å². The third kappa shape index (κ3) is 3.91. The van der Waals surface area contributed by atoms with Crippen LogP contribution in [0.5, 0.6) is 0 Å². The summed E-state index contributed by atoms with van der Waals surface area (Å²) in [6.45, 7) is 2.14. The van der Waals surface area contributed by atoms with E-state index in [0.29, 0.717) is 12.3 Å². The summed E-state index contributed by atoms with van der Waals surface area (Å²) in [5.41, 5.74) is 3.35. The molecule has 3 aromatic rings. The lowest BCUT2D eigenvalue weighted by Gasteiger charge is -2.22. The summed E-state index contributed by atoms with van der Waals surface area (Å²) in [5, 5.41) is 6.36. The van der Waals surface area contributed by atoms with E-state index in [9.17, 15) is 4.79 Å². The molecule has 6 heteroatoms. The smallest absolute Gasteiger partial charge is 0.224 e. The van der Waals surface area contributed by atoms with Gasteiger partial charge in [0.1, 0.15) is 5.69 Å². The average molecular weight is 349 g/mol. The molecule has 0 bridgehead atoms. The summed E-state index contributed by atoms with van der Waals surface area (Å²) < 4.78 is 0. The molecule has 0 aliphatic carbocycles. The normalized spacial score (nSPS) is 15.2. The van der Waals surface area contributed by atoms with Crippen molar-refractivity contribution >= 4 is 22.6 Å². The summed E-state index contributed by atoms with van der Waals surface area (Å²) in [4.78, 5) is 24.4. The SMILES string of the molecule is O=C(CCC1CCNCC1)Nc1ccc2nc(-c3ccccn3)[nH]c2c1. The number of aromatic amines is 1. The van der Waals surface area contributed by atoms with Gasteiger partial charge >= 0.3 is 0 Å². The van der Waals surface area contributed by atoms with Crippen LogP contribution in [0.15, 0.2) is 42.6 Å². The van der Waals surface area contributed by atoms with Gasteiger partial charge in [-0.2, -0.15) is 0 Å². The number of carbonyl (C=O) groups excluding carboxylic acids is 1. The van der Waals surface area contributed by atoms with Crippen LogP contribution in [0, 0.1) is 5.92 Å². The Kier molecular flexibility index (Phi) is 4.93. The van der Waals surface area contributed by atoms with E-state index < -0.39 is 0 Å². The largest absolute Gasteiger partial charge is 0.337 e. The number of H-pyrrole nitrogens is 1. The average Bonchev–Trinajstić information content (AvgIpc) is 3.11. The molecule has 3 heterocycles. The molecule has 1 aliphatic rings. The molecule has 1 aromatic carbocycles. The quantitative estimate of drug-likeness (QED) is 0.660.